The predicted molar refractivity (Wildman–Crippen MR) is 111 cm³/mol. The number of aromatic nitrogens is 3. The first kappa shape index (κ1) is 20.5. The summed E-state index contributed by atoms with van der Waals surface area (Å²) in [5, 5.41) is 5.38. The number of halogens is 1. The second-order valence-corrected chi connectivity index (χ2v) is 10.1. The van der Waals surface area contributed by atoms with Gasteiger partial charge in [-0.1, -0.05) is 24.9 Å². The molecule has 0 unspecified atom stereocenters. The Balaban J connectivity index is 1.86. The van der Waals surface area contributed by atoms with Crippen LogP contribution in [0, 0.1) is 4.77 Å². The lowest BCUT2D eigenvalue weighted by Crippen LogP contribution is -2.38. The zero-order valence-corrected chi connectivity index (χ0v) is 18.0. The van der Waals surface area contributed by atoms with Gasteiger partial charge in [0.05, 0.1) is 18.2 Å². The highest BCUT2D eigenvalue weighted by Gasteiger charge is 2.32. The molecule has 1 aliphatic heterocycles. The van der Waals surface area contributed by atoms with Crippen molar-refractivity contribution in [3.63, 3.8) is 0 Å². The number of nitrogens with zero attached hydrogens (tertiary/aromatic N) is 4. The molecule has 2 heterocycles. The van der Waals surface area contributed by atoms with Gasteiger partial charge >= 0.3 is 0 Å². The van der Waals surface area contributed by atoms with E-state index in [1.807, 2.05) is 35.9 Å². The lowest BCUT2D eigenvalue weighted by Gasteiger charge is -2.27. The van der Waals surface area contributed by atoms with Crippen LogP contribution in [0.3, 0.4) is 0 Å². The van der Waals surface area contributed by atoms with Gasteiger partial charge in [0.25, 0.3) is 0 Å². The second-order valence-electron chi connectivity index (χ2n) is 7.04. The number of hydrogen-bond acceptors (Lipinski definition) is 5. The van der Waals surface area contributed by atoms with E-state index in [1.54, 1.807) is 4.68 Å². The zero-order chi connectivity index (χ0) is 19.6. The Bertz CT molecular complexity index is 951. The zero-order valence-electron chi connectivity index (χ0n) is 15.6. The molecule has 6 nitrogen and oxygen atoms in total. The summed E-state index contributed by atoms with van der Waals surface area (Å²) in [6.07, 6.45) is 2.75. The van der Waals surface area contributed by atoms with Gasteiger partial charge in [-0.25, -0.2) is 13.1 Å². The maximum Gasteiger partial charge on any atom is 0.199 e. The Morgan fingerprint density at radius 2 is 2.04 bits per heavy atom. The maximum absolute atomic E-state index is 11.9. The normalized spacial score (nSPS) is 19.0. The van der Waals surface area contributed by atoms with E-state index in [0.29, 0.717) is 22.9 Å². The maximum atomic E-state index is 11.9. The highest BCUT2D eigenvalue weighted by atomic mass is 35.5. The summed E-state index contributed by atoms with van der Waals surface area (Å²) in [4.78, 5) is 2.21. The van der Waals surface area contributed by atoms with Crippen LogP contribution < -0.4 is 0 Å². The topological polar surface area (TPSA) is 60.1 Å². The molecule has 0 spiro atoms. The number of sulfone groups is 1. The van der Waals surface area contributed by atoms with Gasteiger partial charge in [0, 0.05) is 30.2 Å². The molecular weight excluding hydrogens is 404 g/mol. The summed E-state index contributed by atoms with van der Waals surface area (Å²) in [6.45, 7) is 3.47. The molecule has 1 aromatic heterocycles. The molecule has 1 aromatic carbocycles. The predicted octanol–water partition coefficient (Wildman–Crippen LogP) is 3.52. The molecule has 2 aromatic rings. The van der Waals surface area contributed by atoms with E-state index in [2.05, 4.69) is 11.8 Å². The lowest BCUT2D eigenvalue weighted by atomic mass is 10.2. The number of unbranched alkanes of at least 4 members (excludes halogenated alkanes) is 1. The van der Waals surface area contributed by atoms with E-state index in [-0.39, 0.29) is 17.5 Å². The van der Waals surface area contributed by atoms with E-state index >= 15 is 0 Å². The SMILES string of the molecule is CCCCN(Cn1nc(-c2ccc(Cl)cc2)n(C)c1=S)[C@@H]1CCS(=O)(=O)C1. The molecule has 1 atom stereocenters. The van der Waals surface area contributed by atoms with Crippen LogP contribution in [-0.4, -0.2) is 51.8 Å². The molecule has 0 saturated carbocycles. The quantitative estimate of drug-likeness (QED) is 0.631. The average Bonchev–Trinajstić information content (AvgIpc) is 3.13. The van der Waals surface area contributed by atoms with E-state index in [4.69, 9.17) is 28.9 Å². The third kappa shape index (κ3) is 4.80. The molecule has 1 aliphatic rings. The number of benzene rings is 1. The smallest absolute Gasteiger partial charge is 0.199 e. The number of hydrogen-bond donors (Lipinski definition) is 0. The Labute approximate surface area is 170 Å². The molecule has 148 valence electrons. The molecule has 3 rings (SSSR count). The van der Waals surface area contributed by atoms with Gasteiger partial charge in [-0.2, -0.15) is 5.10 Å². The average molecular weight is 429 g/mol. The highest BCUT2D eigenvalue weighted by molar-refractivity contribution is 7.91. The summed E-state index contributed by atoms with van der Waals surface area (Å²) in [7, 11) is -1.04. The van der Waals surface area contributed by atoms with E-state index in [1.165, 1.54) is 0 Å². The Morgan fingerprint density at radius 1 is 1.33 bits per heavy atom. The van der Waals surface area contributed by atoms with Gasteiger partial charge in [-0.15, -0.1) is 0 Å². The first-order chi connectivity index (χ1) is 12.8. The van der Waals surface area contributed by atoms with Crippen molar-refractivity contribution in [1.82, 2.24) is 19.2 Å². The van der Waals surface area contributed by atoms with Crippen LogP contribution in [0.5, 0.6) is 0 Å². The molecule has 9 heteroatoms. The van der Waals surface area contributed by atoms with Crippen LogP contribution in [0.25, 0.3) is 11.4 Å². The monoisotopic (exact) mass is 428 g/mol. The minimum absolute atomic E-state index is 0.0319. The Kier molecular flexibility index (Phi) is 6.40. The van der Waals surface area contributed by atoms with Gasteiger partial charge in [0.1, 0.15) is 0 Å². The third-order valence-electron chi connectivity index (χ3n) is 4.98. The van der Waals surface area contributed by atoms with Gasteiger partial charge < -0.3 is 4.57 Å². The summed E-state index contributed by atoms with van der Waals surface area (Å²) < 4.78 is 28.1. The molecule has 0 aliphatic carbocycles. The molecule has 0 bridgehead atoms. The van der Waals surface area contributed by atoms with E-state index in [9.17, 15) is 8.42 Å². The van der Waals surface area contributed by atoms with Gasteiger partial charge in [-0.3, -0.25) is 4.90 Å². The van der Waals surface area contributed by atoms with Gasteiger partial charge in [0.2, 0.25) is 0 Å². The largest absolute Gasteiger partial charge is 0.303 e. The van der Waals surface area contributed by atoms with E-state index < -0.39 is 9.84 Å². The van der Waals surface area contributed by atoms with Crippen LogP contribution in [0.1, 0.15) is 26.2 Å². The van der Waals surface area contributed by atoms with Crippen molar-refractivity contribution in [1.29, 1.82) is 0 Å². The molecule has 1 saturated heterocycles. The van der Waals surface area contributed by atoms with Crippen molar-refractivity contribution in [3.05, 3.63) is 34.1 Å². The van der Waals surface area contributed by atoms with Crippen molar-refractivity contribution < 1.29 is 8.42 Å². The second kappa shape index (κ2) is 8.43. The third-order valence-corrected chi connectivity index (χ3v) is 7.47. The van der Waals surface area contributed by atoms with Gasteiger partial charge in [0.15, 0.2) is 20.4 Å². The molecular formula is C18H25ClN4O2S2. The summed E-state index contributed by atoms with van der Waals surface area (Å²) in [5.74, 6) is 1.26. The van der Waals surface area contributed by atoms with Crippen LogP contribution in [-0.2, 0) is 23.6 Å². The van der Waals surface area contributed by atoms with Crippen molar-refractivity contribution >= 4 is 33.7 Å². The molecule has 0 amide bonds. The Morgan fingerprint density at radius 3 is 2.63 bits per heavy atom. The first-order valence-corrected chi connectivity index (χ1v) is 11.8. The van der Waals surface area contributed by atoms with Crippen molar-refractivity contribution in [2.75, 3.05) is 18.1 Å². The molecule has 0 radical (unpaired) electrons. The van der Waals surface area contributed by atoms with Crippen molar-refractivity contribution in [2.24, 2.45) is 7.05 Å². The number of rotatable bonds is 7. The van der Waals surface area contributed by atoms with Crippen LogP contribution in [0.2, 0.25) is 5.02 Å². The van der Waals surface area contributed by atoms with E-state index in [0.717, 1.165) is 30.8 Å². The van der Waals surface area contributed by atoms with Crippen LogP contribution in [0.4, 0.5) is 0 Å². The molecule has 0 N–H and O–H groups in total. The highest BCUT2D eigenvalue weighted by Crippen LogP contribution is 2.22. The minimum atomic E-state index is -2.93. The van der Waals surface area contributed by atoms with Crippen molar-refractivity contribution in [2.45, 2.75) is 38.9 Å². The fraction of sp³-hybridized carbons (Fsp3) is 0.556. The summed E-state index contributed by atoms with van der Waals surface area (Å²) >= 11 is 11.6. The van der Waals surface area contributed by atoms with Crippen molar-refractivity contribution in [3.8, 4) is 11.4 Å². The standard InChI is InChI=1S/C18H25ClN4O2S2/c1-3-4-10-22(16-9-11-27(24,25)12-16)13-23-18(26)21(2)17(20-23)14-5-7-15(19)8-6-14/h5-8,16H,3-4,9-13H2,1-2H3/t16-/m1/s1. The Hall–Kier alpha value is -1.22. The fourth-order valence-electron chi connectivity index (χ4n) is 3.40. The fourth-order valence-corrected chi connectivity index (χ4v) is 5.47. The molecule has 1 fully saturated rings. The molecule has 27 heavy (non-hydrogen) atoms. The summed E-state index contributed by atoms with van der Waals surface area (Å²) in [5.41, 5.74) is 0.940. The van der Waals surface area contributed by atoms with Crippen LogP contribution in [0.15, 0.2) is 24.3 Å². The first-order valence-electron chi connectivity index (χ1n) is 9.15. The lowest BCUT2D eigenvalue weighted by molar-refractivity contribution is 0.152. The van der Waals surface area contributed by atoms with Gasteiger partial charge in [-0.05, 0) is 49.3 Å². The van der Waals surface area contributed by atoms with Crippen LogP contribution >= 0.6 is 23.8 Å². The minimum Gasteiger partial charge on any atom is -0.303 e. The summed E-state index contributed by atoms with van der Waals surface area (Å²) in [6, 6.07) is 7.53.